The fraction of sp³-hybridized carbons (Fsp3) is 0.0769. The van der Waals surface area contributed by atoms with E-state index in [0.717, 1.165) is 14.0 Å². The van der Waals surface area contributed by atoms with Crippen molar-refractivity contribution in [3.05, 3.63) is 45.1 Å². The van der Waals surface area contributed by atoms with E-state index < -0.39 is 0 Å². The molecule has 0 bridgehead atoms. The van der Waals surface area contributed by atoms with Crippen LogP contribution >= 0.6 is 38.6 Å². The van der Waals surface area contributed by atoms with E-state index in [1.807, 2.05) is 35.7 Å². The molecular weight excluding hydrogens is 344 g/mol. The van der Waals surface area contributed by atoms with Crippen LogP contribution in [0.15, 0.2) is 39.5 Å². The Morgan fingerprint density at radius 1 is 1.37 bits per heavy atom. The number of hydrogen-bond acceptors (Lipinski definition) is 4. The molecule has 1 aromatic carbocycles. The minimum Gasteiger partial charge on any atom is -0.287 e. The minimum atomic E-state index is -0.0407. The van der Waals surface area contributed by atoms with E-state index in [1.54, 1.807) is 11.9 Å². The first-order valence-corrected chi connectivity index (χ1v) is 8.02. The highest BCUT2D eigenvalue weighted by atomic mass is 79.9. The van der Waals surface area contributed by atoms with Crippen LogP contribution in [0, 0.1) is 0 Å². The van der Waals surface area contributed by atoms with Gasteiger partial charge in [-0.25, -0.2) is 4.98 Å². The Labute approximate surface area is 126 Å². The van der Waals surface area contributed by atoms with Gasteiger partial charge >= 0.3 is 0 Å². The maximum atomic E-state index is 12.3. The van der Waals surface area contributed by atoms with Gasteiger partial charge in [0.05, 0.1) is 19.6 Å². The Balaban J connectivity index is 1.94. The number of benzene rings is 1. The number of aromatic nitrogens is 1. The fourth-order valence-electron chi connectivity index (χ4n) is 1.71. The van der Waals surface area contributed by atoms with E-state index in [1.165, 1.54) is 22.7 Å². The molecule has 3 rings (SSSR count). The van der Waals surface area contributed by atoms with Crippen molar-refractivity contribution in [3.63, 3.8) is 0 Å². The summed E-state index contributed by atoms with van der Waals surface area (Å²) in [5.74, 6) is -0.0407. The van der Waals surface area contributed by atoms with Crippen LogP contribution in [-0.2, 0) is 0 Å². The zero-order valence-electron chi connectivity index (χ0n) is 9.96. The minimum absolute atomic E-state index is 0.0407. The van der Waals surface area contributed by atoms with E-state index in [0.29, 0.717) is 10.7 Å². The molecule has 0 aliphatic heterocycles. The number of para-hydroxylation sites is 1. The maximum Gasteiger partial charge on any atom is 0.260 e. The molecule has 0 fully saturated rings. The van der Waals surface area contributed by atoms with Gasteiger partial charge in [0.15, 0.2) is 5.13 Å². The van der Waals surface area contributed by atoms with Crippen molar-refractivity contribution >= 4 is 59.9 Å². The molecule has 2 aromatic heterocycles. The smallest absolute Gasteiger partial charge is 0.260 e. The number of fused-ring (bicyclic) bond motifs is 1. The third-order valence-corrected chi connectivity index (χ3v) is 5.31. The molecule has 0 radical (unpaired) electrons. The van der Waals surface area contributed by atoms with Crippen LogP contribution in [0.5, 0.6) is 0 Å². The molecule has 2 heterocycles. The van der Waals surface area contributed by atoms with E-state index >= 15 is 0 Å². The van der Waals surface area contributed by atoms with Gasteiger partial charge in [-0.15, -0.1) is 11.3 Å². The van der Waals surface area contributed by atoms with Crippen molar-refractivity contribution < 1.29 is 4.79 Å². The number of thiophene rings is 1. The van der Waals surface area contributed by atoms with Crippen molar-refractivity contribution in [3.8, 4) is 0 Å². The number of hydrogen-bond donors (Lipinski definition) is 0. The van der Waals surface area contributed by atoms with Gasteiger partial charge < -0.3 is 0 Å². The van der Waals surface area contributed by atoms with Crippen molar-refractivity contribution in [2.45, 2.75) is 0 Å². The highest BCUT2D eigenvalue weighted by Gasteiger charge is 2.18. The Kier molecular flexibility index (Phi) is 3.38. The molecule has 0 atom stereocenters. The fourth-order valence-corrected chi connectivity index (χ4v) is 3.76. The summed E-state index contributed by atoms with van der Waals surface area (Å²) in [6.45, 7) is 0. The van der Waals surface area contributed by atoms with Crippen molar-refractivity contribution in [2.24, 2.45) is 0 Å². The average Bonchev–Trinajstić information content (AvgIpc) is 3.02. The molecule has 0 N–H and O–H groups in total. The van der Waals surface area contributed by atoms with Gasteiger partial charge in [-0.2, -0.15) is 0 Å². The number of anilines is 1. The average molecular weight is 353 g/mol. The van der Waals surface area contributed by atoms with Gasteiger partial charge in [0, 0.05) is 12.4 Å². The number of carbonyl (C=O) groups excluding carboxylic acids is 1. The predicted molar refractivity (Wildman–Crippen MR) is 84.4 cm³/mol. The third-order valence-electron chi connectivity index (χ3n) is 2.69. The Hall–Kier alpha value is -1.24. The summed E-state index contributed by atoms with van der Waals surface area (Å²) in [6.07, 6.45) is 0. The normalized spacial score (nSPS) is 10.8. The van der Waals surface area contributed by atoms with E-state index in [4.69, 9.17) is 0 Å². The summed E-state index contributed by atoms with van der Waals surface area (Å²) in [4.78, 5) is 18.4. The Morgan fingerprint density at radius 2 is 2.16 bits per heavy atom. The predicted octanol–water partition coefficient (Wildman–Crippen LogP) is 4.40. The number of nitrogens with zero attached hydrogens (tertiary/aromatic N) is 2. The Bertz CT molecular complexity index is 717. The van der Waals surface area contributed by atoms with Crippen LogP contribution in [0.25, 0.3) is 10.2 Å². The third kappa shape index (κ3) is 2.43. The standard InChI is InChI=1S/C13H9BrN2OS2/c1-16(12(17)8-6-11(14)18-7-8)13-15-9-4-2-3-5-10(9)19-13/h2-7H,1H3. The molecule has 0 aliphatic rings. The lowest BCUT2D eigenvalue weighted by atomic mass is 10.3. The zero-order valence-corrected chi connectivity index (χ0v) is 13.2. The molecule has 19 heavy (non-hydrogen) atoms. The SMILES string of the molecule is CN(C(=O)c1csc(Br)c1)c1nc2ccccc2s1. The van der Waals surface area contributed by atoms with Crippen LogP contribution < -0.4 is 4.90 Å². The van der Waals surface area contributed by atoms with Crippen LogP contribution in [-0.4, -0.2) is 17.9 Å². The summed E-state index contributed by atoms with van der Waals surface area (Å²) >= 11 is 6.39. The largest absolute Gasteiger partial charge is 0.287 e. The van der Waals surface area contributed by atoms with Gasteiger partial charge in [-0.1, -0.05) is 23.5 Å². The monoisotopic (exact) mass is 352 g/mol. The molecule has 0 aliphatic carbocycles. The van der Waals surface area contributed by atoms with Crippen LogP contribution in [0.3, 0.4) is 0 Å². The molecule has 0 saturated carbocycles. The summed E-state index contributed by atoms with van der Waals surface area (Å²) in [5.41, 5.74) is 1.60. The van der Waals surface area contributed by atoms with Gasteiger partial charge in [0.2, 0.25) is 0 Å². The molecule has 6 heteroatoms. The van der Waals surface area contributed by atoms with E-state index in [-0.39, 0.29) is 5.91 Å². The quantitative estimate of drug-likeness (QED) is 0.684. The first-order chi connectivity index (χ1) is 9.15. The number of amides is 1. The van der Waals surface area contributed by atoms with Gasteiger partial charge in [0.25, 0.3) is 5.91 Å². The summed E-state index contributed by atoms with van der Waals surface area (Å²) in [6, 6.07) is 9.72. The van der Waals surface area contributed by atoms with Gasteiger partial charge in [0.1, 0.15) is 0 Å². The Morgan fingerprint density at radius 3 is 2.84 bits per heavy atom. The van der Waals surface area contributed by atoms with Gasteiger partial charge in [-0.05, 0) is 34.1 Å². The summed E-state index contributed by atoms with van der Waals surface area (Å²) in [5, 5.41) is 2.56. The second kappa shape index (κ2) is 5.03. The molecule has 0 saturated heterocycles. The second-order valence-electron chi connectivity index (χ2n) is 3.97. The second-order valence-corrected chi connectivity index (χ2v) is 7.27. The number of halogens is 1. The first kappa shape index (κ1) is 12.8. The molecule has 0 unspecified atom stereocenters. The molecule has 3 nitrogen and oxygen atoms in total. The van der Waals surface area contributed by atoms with E-state index in [9.17, 15) is 4.79 Å². The first-order valence-electron chi connectivity index (χ1n) is 5.53. The van der Waals surface area contributed by atoms with Crippen LogP contribution in [0.1, 0.15) is 10.4 Å². The molecular formula is C13H9BrN2OS2. The van der Waals surface area contributed by atoms with Crippen LogP contribution in [0.4, 0.5) is 5.13 Å². The summed E-state index contributed by atoms with van der Waals surface area (Å²) < 4.78 is 2.04. The van der Waals surface area contributed by atoms with Crippen molar-refractivity contribution in [1.29, 1.82) is 0 Å². The highest BCUT2D eigenvalue weighted by Crippen LogP contribution is 2.29. The number of carbonyl (C=O) groups is 1. The number of thiazole rings is 1. The maximum absolute atomic E-state index is 12.3. The zero-order chi connectivity index (χ0) is 13.4. The van der Waals surface area contributed by atoms with Crippen LogP contribution in [0.2, 0.25) is 0 Å². The molecule has 3 aromatic rings. The van der Waals surface area contributed by atoms with Crippen molar-refractivity contribution in [2.75, 3.05) is 11.9 Å². The summed E-state index contributed by atoms with van der Waals surface area (Å²) in [7, 11) is 1.76. The lowest BCUT2D eigenvalue weighted by molar-refractivity contribution is 0.0993. The van der Waals surface area contributed by atoms with E-state index in [2.05, 4.69) is 20.9 Å². The highest BCUT2D eigenvalue weighted by molar-refractivity contribution is 9.11. The lowest BCUT2D eigenvalue weighted by Gasteiger charge is -2.12. The molecule has 0 spiro atoms. The number of rotatable bonds is 2. The van der Waals surface area contributed by atoms with Crippen molar-refractivity contribution in [1.82, 2.24) is 4.98 Å². The topological polar surface area (TPSA) is 33.2 Å². The molecule has 96 valence electrons. The molecule has 1 amide bonds. The lowest BCUT2D eigenvalue weighted by Crippen LogP contribution is -2.25. The van der Waals surface area contributed by atoms with Gasteiger partial charge in [-0.3, -0.25) is 9.69 Å².